The summed E-state index contributed by atoms with van der Waals surface area (Å²) in [6, 6.07) is 14.3. The fraction of sp³-hybridized carbons (Fsp3) is 0.100. The lowest BCUT2D eigenvalue weighted by molar-refractivity contribution is 0.101. The lowest BCUT2D eigenvalue weighted by atomic mass is 10.1. The molecule has 26 heavy (non-hydrogen) atoms. The van der Waals surface area contributed by atoms with Gasteiger partial charge < -0.3 is 10.1 Å². The van der Waals surface area contributed by atoms with E-state index in [4.69, 9.17) is 4.74 Å². The van der Waals surface area contributed by atoms with Crippen molar-refractivity contribution in [3.63, 3.8) is 0 Å². The summed E-state index contributed by atoms with van der Waals surface area (Å²) in [6.07, 6.45) is 0. The largest absolute Gasteiger partial charge is 0.489 e. The van der Waals surface area contributed by atoms with E-state index in [1.165, 1.54) is 30.4 Å². The second-order valence-electron chi connectivity index (χ2n) is 5.65. The first kappa shape index (κ1) is 17.8. The Morgan fingerprint density at radius 2 is 1.77 bits per heavy atom. The lowest BCUT2D eigenvalue weighted by Crippen LogP contribution is -2.10. The highest BCUT2D eigenvalue weighted by molar-refractivity contribution is 7.12. The quantitative estimate of drug-likeness (QED) is 0.628. The second-order valence-corrected chi connectivity index (χ2v) is 6.56. The standard InChI is InChI=1S/C20H16FNO3S/c1-13(23)15-2-6-17(7-3-15)22-20(24)19-10-14(12-26-19)11-25-18-8-4-16(21)5-9-18/h2-10,12H,11H2,1H3,(H,22,24). The Kier molecular flexibility index (Phi) is 5.43. The molecule has 0 aliphatic rings. The van der Waals surface area contributed by atoms with E-state index in [2.05, 4.69) is 5.32 Å². The Morgan fingerprint density at radius 1 is 1.08 bits per heavy atom. The average Bonchev–Trinajstić information content (AvgIpc) is 3.11. The zero-order chi connectivity index (χ0) is 18.5. The van der Waals surface area contributed by atoms with Crippen molar-refractivity contribution >= 4 is 28.7 Å². The smallest absolute Gasteiger partial charge is 0.265 e. The number of carbonyl (C=O) groups is 2. The van der Waals surface area contributed by atoms with Gasteiger partial charge in [0.15, 0.2) is 5.78 Å². The normalized spacial score (nSPS) is 10.4. The van der Waals surface area contributed by atoms with Gasteiger partial charge in [0.1, 0.15) is 18.2 Å². The first-order chi connectivity index (χ1) is 12.5. The van der Waals surface area contributed by atoms with Crippen LogP contribution in [0, 0.1) is 5.82 Å². The topological polar surface area (TPSA) is 55.4 Å². The number of ketones is 1. The molecule has 0 fully saturated rings. The molecule has 1 aromatic heterocycles. The second kappa shape index (κ2) is 7.93. The highest BCUT2D eigenvalue weighted by Gasteiger charge is 2.10. The summed E-state index contributed by atoms with van der Waals surface area (Å²) in [5.74, 6) is 0.00266. The maximum Gasteiger partial charge on any atom is 0.265 e. The number of hydrogen-bond donors (Lipinski definition) is 1. The zero-order valence-electron chi connectivity index (χ0n) is 14.0. The zero-order valence-corrected chi connectivity index (χ0v) is 14.8. The van der Waals surface area contributed by atoms with Crippen LogP contribution in [0.2, 0.25) is 0 Å². The molecular formula is C20H16FNO3S. The van der Waals surface area contributed by atoms with Crippen LogP contribution in [-0.2, 0) is 6.61 Å². The molecule has 1 N–H and O–H groups in total. The molecule has 1 heterocycles. The van der Waals surface area contributed by atoms with E-state index in [9.17, 15) is 14.0 Å². The van der Waals surface area contributed by atoms with E-state index in [0.29, 0.717) is 28.5 Å². The molecule has 0 spiro atoms. The lowest BCUT2D eigenvalue weighted by Gasteiger charge is -2.05. The molecule has 4 nitrogen and oxygen atoms in total. The minimum Gasteiger partial charge on any atom is -0.489 e. The van der Waals surface area contributed by atoms with Crippen LogP contribution in [-0.4, -0.2) is 11.7 Å². The number of anilines is 1. The van der Waals surface area contributed by atoms with E-state index >= 15 is 0 Å². The maximum atomic E-state index is 12.9. The van der Waals surface area contributed by atoms with Crippen LogP contribution in [0.1, 0.15) is 32.5 Å². The molecule has 132 valence electrons. The van der Waals surface area contributed by atoms with Crippen LogP contribution >= 0.6 is 11.3 Å². The number of Topliss-reactive ketones (excluding diaryl/α,β-unsaturated/α-hetero) is 1. The van der Waals surface area contributed by atoms with Crippen molar-refractivity contribution in [2.45, 2.75) is 13.5 Å². The van der Waals surface area contributed by atoms with Gasteiger partial charge in [-0.2, -0.15) is 0 Å². The number of rotatable bonds is 6. The summed E-state index contributed by atoms with van der Waals surface area (Å²) in [5, 5.41) is 4.64. The summed E-state index contributed by atoms with van der Waals surface area (Å²) >= 11 is 1.32. The van der Waals surface area contributed by atoms with E-state index in [0.717, 1.165) is 5.56 Å². The van der Waals surface area contributed by atoms with Crippen LogP contribution in [0.3, 0.4) is 0 Å². The fourth-order valence-electron chi connectivity index (χ4n) is 2.25. The predicted octanol–water partition coefficient (Wildman–Crippen LogP) is 4.92. The summed E-state index contributed by atoms with van der Waals surface area (Å²) in [7, 11) is 0. The van der Waals surface area contributed by atoms with Crippen molar-refractivity contribution < 1.29 is 18.7 Å². The number of halogens is 1. The minimum atomic E-state index is -0.317. The molecule has 3 aromatic rings. The Hall–Kier alpha value is -2.99. The third-order valence-electron chi connectivity index (χ3n) is 3.65. The predicted molar refractivity (Wildman–Crippen MR) is 99.5 cm³/mol. The van der Waals surface area contributed by atoms with Gasteiger partial charge in [-0.05, 0) is 66.9 Å². The molecular weight excluding hydrogens is 353 g/mol. The molecule has 0 aliphatic carbocycles. The first-order valence-corrected chi connectivity index (χ1v) is 8.77. The van der Waals surface area contributed by atoms with Crippen LogP contribution in [0.5, 0.6) is 5.75 Å². The molecule has 3 rings (SSSR count). The fourth-order valence-corrected chi connectivity index (χ4v) is 3.04. The number of ether oxygens (including phenoxy) is 1. The van der Waals surface area contributed by atoms with E-state index < -0.39 is 0 Å². The Balaban J connectivity index is 1.58. The third-order valence-corrected chi connectivity index (χ3v) is 4.62. The van der Waals surface area contributed by atoms with Crippen LogP contribution in [0.25, 0.3) is 0 Å². The van der Waals surface area contributed by atoms with Gasteiger partial charge in [0, 0.05) is 16.8 Å². The van der Waals surface area contributed by atoms with Gasteiger partial charge in [0.05, 0.1) is 4.88 Å². The van der Waals surface area contributed by atoms with Gasteiger partial charge in [0.2, 0.25) is 0 Å². The van der Waals surface area contributed by atoms with Crippen molar-refractivity contribution in [2.75, 3.05) is 5.32 Å². The van der Waals surface area contributed by atoms with E-state index in [1.807, 2.05) is 5.38 Å². The Bertz CT molecular complexity index is 917. The minimum absolute atomic E-state index is 0.0214. The van der Waals surface area contributed by atoms with Gasteiger partial charge >= 0.3 is 0 Å². The highest BCUT2D eigenvalue weighted by atomic mass is 32.1. The molecule has 6 heteroatoms. The van der Waals surface area contributed by atoms with Crippen molar-refractivity contribution in [1.82, 2.24) is 0 Å². The Labute approximate surface area is 154 Å². The average molecular weight is 369 g/mol. The van der Waals surface area contributed by atoms with Crippen molar-refractivity contribution in [3.05, 3.63) is 81.8 Å². The summed E-state index contributed by atoms with van der Waals surface area (Å²) in [5.41, 5.74) is 2.08. The number of hydrogen-bond acceptors (Lipinski definition) is 4. The summed E-state index contributed by atoms with van der Waals surface area (Å²) in [4.78, 5) is 24.1. The van der Waals surface area contributed by atoms with Gasteiger partial charge in [-0.25, -0.2) is 4.39 Å². The van der Waals surface area contributed by atoms with E-state index in [-0.39, 0.29) is 17.5 Å². The first-order valence-electron chi connectivity index (χ1n) is 7.89. The summed E-state index contributed by atoms with van der Waals surface area (Å²) in [6.45, 7) is 1.79. The Morgan fingerprint density at radius 3 is 2.42 bits per heavy atom. The monoisotopic (exact) mass is 369 g/mol. The van der Waals surface area contributed by atoms with Gasteiger partial charge in [-0.1, -0.05) is 0 Å². The number of carbonyl (C=O) groups excluding carboxylic acids is 2. The molecule has 0 unspecified atom stereocenters. The summed E-state index contributed by atoms with van der Waals surface area (Å²) < 4.78 is 18.4. The third kappa shape index (κ3) is 4.55. The number of thiophene rings is 1. The van der Waals surface area contributed by atoms with Crippen molar-refractivity contribution in [2.24, 2.45) is 0 Å². The number of nitrogens with one attached hydrogen (secondary N) is 1. The van der Waals surface area contributed by atoms with Gasteiger partial charge in [-0.3, -0.25) is 9.59 Å². The van der Waals surface area contributed by atoms with Crippen LogP contribution < -0.4 is 10.1 Å². The highest BCUT2D eigenvalue weighted by Crippen LogP contribution is 2.20. The van der Waals surface area contributed by atoms with E-state index in [1.54, 1.807) is 42.5 Å². The molecule has 0 atom stereocenters. The molecule has 0 bridgehead atoms. The van der Waals surface area contributed by atoms with Gasteiger partial charge in [0.25, 0.3) is 5.91 Å². The molecule has 0 saturated carbocycles. The van der Waals surface area contributed by atoms with Crippen LogP contribution in [0.15, 0.2) is 60.0 Å². The molecule has 1 amide bonds. The number of amides is 1. The van der Waals surface area contributed by atoms with Crippen LogP contribution in [0.4, 0.5) is 10.1 Å². The molecule has 2 aromatic carbocycles. The SMILES string of the molecule is CC(=O)c1ccc(NC(=O)c2cc(COc3ccc(F)cc3)cs2)cc1. The van der Waals surface area contributed by atoms with Crippen molar-refractivity contribution in [3.8, 4) is 5.75 Å². The van der Waals surface area contributed by atoms with Crippen molar-refractivity contribution in [1.29, 1.82) is 0 Å². The molecule has 0 aliphatic heterocycles. The van der Waals surface area contributed by atoms with Gasteiger partial charge in [-0.15, -0.1) is 11.3 Å². The molecule has 0 saturated heterocycles. The maximum absolute atomic E-state index is 12.9. The molecule has 0 radical (unpaired) electrons. The number of benzene rings is 2.